The van der Waals surface area contributed by atoms with Crippen molar-refractivity contribution in [2.75, 3.05) is 9.80 Å². The Balaban J connectivity index is 0.714. The van der Waals surface area contributed by atoms with Crippen molar-refractivity contribution in [2.45, 2.75) is 139 Å². The topological polar surface area (TPSA) is 19.6 Å². The average Bonchev–Trinajstić information content (AvgIpc) is 1.49. The van der Waals surface area contributed by atoms with Crippen molar-refractivity contribution in [3.05, 3.63) is 276 Å². The van der Waals surface area contributed by atoms with E-state index in [4.69, 9.17) is 4.42 Å². The molecule has 494 valence electrons. The minimum absolute atomic E-state index is 0.0786. The molecular weight excluding hydrogens is 1240 g/mol. The Bertz CT molecular complexity index is 5680. The highest BCUT2D eigenvalue weighted by Crippen LogP contribution is 2.75. The molecule has 4 bridgehead atoms. The number of anilines is 6. The second-order valence-corrected chi connectivity index (χ2v) is 33.4. The molecule has 14 aromatic rings. The molecule has 0 aliphatic heterocycles. The summed E-state index contributed by atoms with van der Waals surface area (Å²) in [7, 11) is 0. The fraction of sp³-hybridized carbons (Fsp3) is 0.278. The third-order valence-corrected chi connectivity index (χ3v) is 28.4. The Kier molecular flexibility index (Phi) is 13.5. The van der Waals surface area contributed by atoms with Crippen molar-refractivity contribution in [2.24, 2.45) is 29.6 Å². The molecular formula is C97H84N2OS. The van der Waals surface area contributed by atoms with Crippen molar-refractivity contribution in [1.82, 2.24) is 0 Å². The first-order valence-electron chi connectivity index (χ1n) is 38.6. The second kappa shape index (κ2) is 23.0. The molecule has 101 heavy (non-hydrogen) atoms. The number of hydrogen-bond acceptors (Lipinski definition) is 4. The molecule has 4 heteroatoms. The van der Waals surface area contributed by atoms with E-state index in [0.717, 1.165) is 51.6 Å². The highest BCUT2D eigenvalue weighted by atomic mass is 32.1. The molecule has 22 rings (SSSR count). The van der Waals surface area contributed by atoms with E-state index in [2.05, 4.69) is 259 Å². The molecule has 8 aliphatic rings. The number of nitrogens with zero attached hydrogens (tertiary/aromatic N) is 2. The Hall–Kier alpha value is -9.48. The maximum Gasteiger partial charge on any atom is 0.153 e. The first-order chi connectivity index (χ1) is 49.9. The van der Waals surface area contributed by atoms with Crippen LogP contribution in [0.4, 0.5) is 34.1 Å². The predicted octanol–water partition coefficient (Wildman–Crippen LogP) is 28.1. The van der Waals surface area contributed by atoms with Gasteiger partial charge in [0.1, 0.15) is 5.58 Å². The lowest BCUT2D eigenvalue weighted by molar-refractivity contribution is 0.0693. The van der Waals surface area contributed by atoms with E-state index in [-0.39, 0.29) is 5.41 Å². The van der Waals surface area contributed by atoms with Crippen LogP contribution in [0.5, 0.6) is 0 Å². The van der Waals surface area contributed by atoms with Gasteiger partial charge in [-0.3, -0.25) is 0 Å². The monoisotopic (exact) mass is 1320 g/mol. The summed E-state index contributed by atoms with van der Waals surface area (Å²) < 4.78 is 9.96. The zero-order valence-corrected chi connectivity index (χ0v) is 58.6. The average molecular weight is 1330 g/mol. The van der Waals surface area contributed by atoms with Crippen molar-refractivity contribution in [1.29, 1.82) is 0 Å². The fourth-order valence-corrected chi connectivity index (χ4v) is 23.9. The first kappa shape index (κ1) is 59.2. The van der Waals surface area contributed by atoms with Crippen LogP contribution in [-0.4, -0.2) is 0 Å². The molecule has 6 unspecified atom stereocenters. The normalized spacial score (nSPS) is 23.3. The molecule has 0 radical (unpaired) electrons. The number of hydrogen-bond donors (Lipinski definition) is 0. The van der Waals surface area contributed by atoms with Gasteiger partial charge in [-0.2, -0.15) is 0 Å². The summed E-state index contributed by atoms with van der Waals surface area (Å²) in [6, 6.07) is 95.1. The van der Waals surface area contributed by atoms with Gasteiger partial charge in [0.2, 0.25) is 0 Å². The lowest BCUT2D eigenvalue weighted by Gasteiger charge is -2.47. The molecule has 2 aromatic heterocycles. The SMILES string of the molecule is C[C@H]1CC2CCC(C2)c2ccccc2-c2c1cc(C1CCCC1)cc2N(c1cccc(-c2ccccc2)c1)c1ccc2c(c1)oc1c2ccc2c3cc4ccc(N(c5cccc(-c6ccccc6)c5)c5cc(C6CCCC6)cc6c5-c5ccccc5C65C6CCC7C[C@H]5C7C6)cc4cc3sc21. The van der Waals surface area contributed by atoms with Crippen molar-refractivity contribution < 1.29 is 4.42 Å². The summed E-state index contributed by atoms with van der Waals surface area (Å²) in [4.78, 5) is 5.32. The third-order valence-electron chi connectivity index (χ3n) is 27.3. The van der Waals surface area contributed by atoms with Crippen LogP contribution in [0.1, 0.15) is 167 Å². The van der Waals surface area contributed by atoms with Gasteiger partial charge in [0.15, 0.2) is 5.58 Å². The molecule has 1 spiro atoms. The summed E-state index contributed by atoms with van der Waals surface area (Å²) in [6.07, 6.45) is 21.0. The molecule has 2 heterocycles. The van der Waals surface area contributed by atoms with Gasteiger partial charge in [-0.05, 0) is 287 Å². The highest BCUT2D eigenvalue weighted by molar-refractivity contribution is 7.26. The largest absolute Gasteiger partial charge is 0.454 e. The zero-order valence-electron chi connectivity index (χ0n) is 57.8. The van der Waals surface area contributed by atoms with Crippen molar-refractivity contribution in [3.63, 3.8) is 0 Å². The summed E-state index contributed by atoms with van der Waals surface area (Å²) >= 11 is 1.89. The lowest BCUT2D eigenvalue weighted by Crippen LogP contribution is -2.42. The molecule has 12 aromatic carbocycles. The van der Waals surface area contributed by atoms with Crippen LogP contribution >= 0.6 is 11.3 Å². The van der Waals surface area contributed by atoms with Crippen LogP contribution < -0.4 is 9.80 Å². The van der Waals surface area contributed by atoms with Gasteiger partial charge >= 0.3 is 0 Å². The van der Waals surface area contributed by atoms with Gasteiger partial charge < -0.3 is 14.2 Å². The lowest BCUT2D eigenvalue weighted by atomic mass is 9.57. The van der Waals surface area contributed by atoms with Gasteiger partial charge in [-0.1, -0.05) is 190 Å². The number of fused-ring (bicyclic) bond motifs is 22. The van der Waals surface area contributed by atoms with E-state index >= 15 is 0 Å². The van der Waals surface area contributed by atoms with Crippen LogP contribution in [0.15, 0.2) is 247 Å². The Labute approximate surface area is 597 Å². The zero-order chi connectivity index (χ0) is 66.2. The predicted molar refractivity (Wildman–Crippen MR) is 424 cm³/mol. The molecule has 3 nitrogen and oxygen atoms in total. The smallest absolute Gasteiger partial charge is 0.153 e. The van der Waals surface area contributed by atoms with Gasteiger partial charge in [0, 0.05) is 71.6 Å². The molecule has 0 amide bonds. The van der Waals surface area contributed by atoms with Crippen LogP contribution in [0, 0.1) is 29.6 Å². The Morgan fingerprint density at radius 2 is 1.04 bits per heavy atom. The number of thiophene rings is 1. The van der Waals surface area contributed by atoms with E-state index < -0.39 is 0 Å². The number of furan rings is 1. The van der Waals surface area contributed by atoms with Gasteiger partial charge in [-0.25, -0.2) is 0 Å². The van der Waals surface area contributed by atoms with Gasteiger partial charge in [0.05, 0.1) is 16.1 Å². The fourth-order valence-electron chi connectivity index (χ4n) is 22.7. The minimum atomic E-state index is 0.0786. The maximum atomic E-state index is 7.47. The maximum absolute atomic E-state index is 7.47. The second-order valence-electron chi connectivity index (χ2n) is 32.3. The summed E-state index contributed by atoms with van der Waals surface area (Å²) in [6.45, 7) is 2.55. The van der Waals surface area contributed by atoms with Crippen LogP contribution in [0.25, 0.3) is 97.4 Å². The van der Waals surface area contributed by atoms with Crippen LogP contribution in [0.2, 0.25) is 0 Å². The Morgan fingerprint density at radius 1 is 0.406 bits per heavy atom. The first-order valence-corrected chi connectivity index (χ1v) is 39.5. The molecule has 8 atom stereocenters. The van der Waals surface area contributed by atoms with Gasteiger partial charge in [-0.15, -0.1) is 11.3 Å². The summed E-state index contributed by atoms with van der Waals surface area (Å²) in [5.41, 5.74) is 29.4. The van der Waals surface area contributed by atoms with Crippen LogP contribution in [0.3, 0.4) is 0 Å². The Morgan fingerprint density at radius 3 is 1.78 bits per heavy atom. The number of benzene rings is 12. The standard InChI is InChI=1S/C97H84N2OS/c1-58-44-59-34-35-67(45-59)77-30-12-13-31-79(77)93-83(58)50-70(62-22-8-9-23-62)53-89(93)99(74-29-17-27-65(47-74)61-20-6-3-7-21-61)76-40-41-78-80-42-43-81-85-49-66-37-39-75(48-69(66)55-92(85)101-96(81)95(80)100-91(78)57-76)98(73-28-16-26-64(46-73)60-18-4-2-5-19-60)90-54-71(63-24-10-11-25-63)52-88-94(90)82-32-14-15-33-86(82)97(88)72-38-36-68-51-87(97)84(68)56-72/h2-7,12-21,26-33,37,39-43,46-50,52-55,57-59,62-63,67-68,72,84,87H,8-11,22-25,34-36,38,44-45,51,56H2,1H3/t58-,59?,67?,68?,72?,84?,87-,97?/m0/s1. The minimum Gasteiger partial charge on any atom is -0.454 e. The van der Waals surface area contributed by atoms with E-state index in [1.54, 1.807) is 16.7 Å². The molecule has 6 saturated carbocycles. The highest BCUT2D eigenvalue weighted by Gasteiger charge is 2.68. The molecule has 0 saturated heterocycles. The number of rotatable bonds is 10. The van der Waals surface area contributed by atoms with Crippen molar-refractivity contribution in [3.8, 4) is 44.5 Å². The molecule has 8 aliphatic carbocycles. The van der Waals surface area contributed by atoms with E-state index in [9.17, 15) is 0 Å². The summed E-state index contributed by atoms with van der Waals surface area (Å²) in [5.74, 6) is 6.06. The van der Waals surface area contributed by atoms with E-state index in [1.165, 1.54) is 223 Å². The third kappa shape index (κ3) is 9.08. The van der Waals surface area contributed by atoms with Crippen LogP contribution in [-0.2, 0) is 5.41 Å². The van der Waals surface area contributed by atoms with E-state index in [1.807, 2.05) is 11.3 Å². The quantitative estimate of drug-likeness (QED) is 0.136. The molecule has 0 N–H and O–H groups in total. The van der Waals surface area contributed by atoms with Crippen molar-refractivity contribution >= 4 is 98.3 Å². The van der Waals surface area contributed by atoms with Gasteiger partial charge in [0.25, 0.3) is 0 Å². The molecule has 6 fully saturated rings. The van der Waals surface area contributed by atoms with E-state index in [0.29, 0.717) is 29.6 Å². The summed E-state index contributed by atoms with van der Waals surface area (Å²) in [5, 5.41) is 7.36.